The van der Waals surface area contributed by atoms with Crippen LogP contribution in [-0.2, 0) is 0 Å². The predicted molar refractivity (Wildman–Crippen MR) is 77.7 cm³/mol. The summed E-state index contributed by atoms with van der Waals surface area (Å²) in [5.74, 6) is 0.754. The molecule has 1 saturated carbocycles. The van der Waals surface area contributed by atoms with Gasteiger partial charge in [-0.25, -0.2) is 4.98 Å². The van der Waals surface area contributed by atoms with Crippen molar-refractivity contribution in [1.29, 1.82) is 0 Å². The third-order valence-corrected chi connectivity index (χ3v) is 4.27. The molecule has 2 nitrogen and oxygen atoms in total. The second kappa shape index (κ2) is 5.29. The van der Waals surface area contributed by atoms with Crippen LogP contribution in [0.5, 0.6) is 0 Å². The van der Waals surface area contributed by atoms with Gasteiger partial charge < -0.3 is 5.32 Å². The van der Waals surface area contributed by atoms with E-state index in [-0.39, 0.29) is 0 Å². The van der Waals surface area contributed by atoms with E-state index < -0.39 is 5.95 Å². The molecule has 4 heteroatoms. The second-order valence-corrected chi connectivity index (χ2v) is 5.73. The van der Waals surface area contributed by atoms with Gasteiger partial charge in [0.2, 0.25) is 5.95 Å². The molecule has 1 aromatic heterocycles. The van der Waals surface area contributed by atoms with Crippen LogP contribution in [0.1, 0.15) is 24.3 Å². The summed E-state index contributed by atoms with van der Waals surface area (Å²) in [5, 5.41) is 3.27. The molecule has 1 heterocycles. The number of pyridine rings is 1. The zero-order valence-electron chi connectivity index (χ0n) is 10.3. The lowest BCUT2D eigenvalue weighted by Crippen LogP contribution is -2.34. The molecule has 0 unspecified atom stereocenters. The number of nitrogens with zero attached hydrogens (tertiary/aromatic N) is 1. The SMILES string of the molecule is Fc1cccc(NC2CC(c3ccccc3Br)C2)n1. The highest BCUT2D eigenvalue weighted by atomic mass is 79.9. The Morgan fingerprint density at radius 2 is 1.89 bits per heavy atom. The first-order chi connectivity index (χ1) is 9.22. The highest BCUT2D eigenvalue weighted by Gasteiger charge is 2.31. The molecular weight excluding hydrogens is 307 g/mol. The van der Waals surface area contributed by atoms with Gasteiger partial charge in [0.05, 0.1) is 0 Å². The molecule has 0 amide bonds. The van der Waals surface area contributed by atoms with Crippen LogP contribution >= 0.6 is 15.9 Å². The fraction of sp³-hybridized carbons (Fsp3) is 0.267. The average Bonchev–Trinajstić information content (AvgIpc) is 2.35. The van der Waals surface area contributed by atoms with E-state index in [1.165, 1.54) is 16.1 Å². The number of rotatable bonds is 3. The van der Waals surface area contributed by atoms with Crippen molar-refractivity contribution in [2.24, 2.45) is 0 Å². The summed E-state index contributed by atoms with van der Waals surface area (Å²) in [7, 11) is 0. The first-order valence-corrected chi connectivity index (χ1v) is 7.15. The lowest BCUT2D eigenvalue weighted by molar-refractivity contribution is 0.372. The van der Waals surface area contributed by atoms with Crippen molar-refractivity contribution in [1.82, 2.24) is 4.98 Å². The fourth-order valence-corrected chi connectivity index (χ4v) is 3.10. The standard InChI is InChI=1S/C15H14BrFN2/c16-13-5-2-1-4-12(13)10-8-11(9-10)18-15-7-3-6-14(17)19-15/h1-7,10-11H,8-9H2,(H,18,19). The maximum Gasteiger partial charge on any atom is 0.214 e. The molecule has 19 heavy (non-hydrogen) atoms. The average molecular weight is 321 g/mol. The molecule has 1 aromatic carbocycles. The van der Waals surface area contributed by atoms with Gasteiger partial charge in [0.15, 0.2) is 0 Å². The summed E-state index contributed by atoms with van der Waals surface area (Å²) in [4.78, 5) is 3.82. The lowest BCUT2D eigenvalue weighted by atomic mass is 9.76. The first-order valence-electron chi connectivity index (χ1n) is 6.36. The van der Waals surface area contributed by atoms with Gasteiger partial charge in [-0.2, -0.15) is 4.39 Å². The van der Waals surface area contributed by atoms with Gasteiger partial charge in [-0.1, -0.05) is 40.2 Å². The molecule has 3 rings (SSSR count). The summed E-state index contributed by atoms with van der Waals surface area (Å²) < 4.78 is 14.1. The van der Waals surface area contributed by atoms with E-state index >= 15 is 0 Å². The van der Waals surface area contributed by atoms with Crippen LogP contribution in [0.15, 0.2) is 46.9 Å². The molecule has 1 aliphatic carbocycles. The summed E-state index contributed by atoms with van der Waals surface area (Å²) >= 11 is 3.59. The van der Waals surface area contributed by atoms with Crippen LogP contribution in [0.25, 0.3) is 0 Å². The molecule has 1 fully saturated rings. The molecule has 0 atom stereocenters. The number of hydrogen-bond donors (Lipinski definition) is 1. The highest BCUT2D eigenvalue weighted by molar-refractivity contribution is 9.10. The first kappa shape index (κ1) is 12.6. The molecule has 1 N–H and O–H groups in total. The van der Waals surface area contributed by atoms with Gasteiger partial charge in [-0.05, 0) is 42.5 Å². The quantitative estimate of drug-likeness (QED) is 0.851. The number of halogens is 2. The predicted octanol–water partition coefficient (Wildman–Crippen LogP) is 4.34. The van der Waals surface area contributed by atoms with Crippen LogP contribution in [-0.4, -0.2) is 11.0 Å². The van der Waals surface area contributed by atoms with E-state index in [1.54, 1.807) is 12.1 Å². The van der Waals surface area contributed by atoms with Crippen LogP contribution in [0.4, 0.5) is 10.2 Å². The van der Waals surface area contributed by atoms with E-state index in [0.717, 1.165) is 12.8 Å². The van der Waals surface area contributed by atoms with Crippen LogP contribution in [0.3, 0.4) is 0 Å². The van der Waals surface area contributed by atoms with Crippen molar-refractivity contribution in [3.8, 4) is 0 Å². The van der Waals surface area contributed by atoms with Crippen molar-refractivity contribution in [3.05, 3.63) is 58.4 Å². The molecule has 0 radical (unpaired) electrons. The summed E-state index contributed by atoms with van der Waals surface area (Å²) in [6.45, 7) is 0. The topological polar surface area (TPSA) is 24.9 Å². The fourth-order valence-electron chi connectivity index (χ4n) is 2.49. The Balaban J connectivity index is 1.60. The smallest absolute Gasteiger partial charge is 0.214 e. The highest BCUT2D eigenvalue weighted by Crippen LogP contribution is 2.41. The molecule has 0 spiro atoms. The Hall–Kier alpha value is -1.42. The lowest BCUT2D eigenvalue weighted by Gasteiger charge is -2.37. The van der Waals surface area contributed by atoms with Crippen molar-refractivity contribution < 1.29 is 4.39 Å². The Morgan fingerprint density at radius 1 is 1.11 bits per heavy atom. The summed E-state index contributed by atoms with van der Waals surface area (Å²) in [6, 6.07) is 13.5. The van der Waals surface area contributed by atoms with E-state index in [4.69, 9.17) is 0 Å². The third-order valence-electron chi connectivity index (χ3n) is 3.55. The third kappa shape index (κ3) is 2.78. The van der Waals surface area contributed by atoms with Gasteiger partial charge in [-0.3, -0.25) is 0 Å². The van der Waals surface area contributed by atoms with Gasteiger partial charge in [0.1, 0.15) is 5.82 Å². The maximum absolute atomic E-state index is 13.0. The molecular formula is C15H14BrFN2. The van der Waals surface area contributed by atoms with Crippen LogP contribution in [0.2, 0.25) is 0 Å². The number of anilines is 1. The molecule has 98 valence electrons. The van der Waals surface area contributed by atoms with Gasteiger partial charge >= 0.3 is 0 Å². The minimum atomic E-state index is -0.438. The molecule has 0 saturated heterocycles. The van der Waals surface area contributed by atoms with Crippen molar-refractivity contribution in [2.75, 3.05) is 5.32 Å². The number of hydrogen-bond acceptors (Lipinski definition) is 2. The minimum Gasteiger partial charge on any atom is -0.367 e. The normalized spacial score (nSPS) is 21.8. The molecule has 0 aliphatic heterocycles. The summed E-state index contributed by atoms with van der Waals surface area (Å²) in [6.07, 6.45) is 2.11. The van der Waals surface area contributed by atoms with Gasteiger partial charge in [-0.15, -0.1) is 0 Å². The van der Waals surface area contributed by atoms with E-state index in [1.807, 2.05) is 6.07 Å². The van der Waals surface area contributed by atoms with E-state index in [2.05, 4.69) is 44.4 Å². The molecule has 2 aromatic rings. The Morgan fingerprint density at radius 3 is 2.63 bits per heavy atom. The van der Waals surface area contributed by atoms with Crippen molar-refractivity contribution >= 4 is 21.7 Å². The maximum atomic E-state index is 13.0. The van der Waals surface area contributed by atoms with E-state index in [0.29, 0.717) is 17.8 Å². The largest absolute Gasteiger partial charge is 0.367 e. The summed E-state index contributed by atoms with van der Waals surface area (Å²) in [5.41, 5.74) is 1.35. The Labute approximate surface area is 120 Å². The Bertz CT molecular complexity index is 582. The van der Waals surface area contributed by atoms with Crippen molar-refractivity contribution in [2.45, 2.75) is 24.8 Å². The zero-order chi connectivity index (χ0) is 13.2. The number of benzene rings is 1. The number of nitrogens with one attached hydrogen (secondary N) is 1. The van der Waals surface area contributed by atoms with Crippen molar-refractivity contribution in [3.63, 3.8) is 0 Å². The molecule has 0 bridgehead atoms. The zero-order valence-corrected chi connectivity index (χ0v) is 11.9. The monoisotopic (exact) mass is 320 g/mol. The second-order valence-electron chi connectivity index (χ2n) is 4.88. The molecule has 1 aliphatic rings. The Kier molecular flexibility index (Phi) is 3.51. The van der Waals surface area contributed by atoms with Gasteiger partial charge in [0, 0.05) is 10.5 Å². The minimum absolute atomic E-state index is 0.381. The van der Waals surface area contributed by atoms with Crippen LogP contribution in [0, 0.1) is 5.95 Å². The number of aromatic nitrogens is 1. The van der Waals surface area contributed by atoms with E-state index in [9.17, 15) is 4.39 Å². The van der Waals surface area contributed by atoms with Gasteiger partial charge in [0.25, 0.3) is 0 Å². The van der Waals surface area contributed by atoms with Crippen LogP contribution < -0.4 is 5.32 Å².